The Bertz CT molecular complexity index is 640. The van der Waals surface area contributed by atoms with Crippen LogP contribution in [-0.4, -0.2) is 26.0 Å². The molecule has 0 unspecified atom stereocenters. The molecule has 0 amide bonds. The van der Waals surface area contributed by atoms with E-state index in [9.17, 15) is 0 Å². The number of aromatic nitrogens is 4. The van der Waals surface area contributed by atoms with E-state index in [1.807, 2.05) is 13.0 Å². The van der Waals surface area contributed by atoms with Gasteiger partial charge in [-0.15, -0.1) is 0 Å². The summed E-state index contributed by atoms with van der Waals surface area (Å²) >= 11 is 0. The molecule has 5 nitrogen and oxygen atoms in total. The SMILES string of the molecule is Cc1nc(-c2ncccn2)c2c(n1)[C@H]1CCC[C@@H](C2)N1. The van der Waals surface area contributed by atoms with Crippen LogP contribution in [0.2, 0.25) is 0 Å². The van der Waals surface area contributed by atoms with Gasteiger partial charge in [-0.1, -0.05) is 0 Å². The van der Waals surface area contributed by atoms with Gasteiger partial charge in [0, 0.05) is 24.0 Å². The number of rotatable bonds is 1. The predicted molar refractivity (Wildman–Crippen MR) is 75.0 cm³/mol. The lowest BCUT2D eigenvalue weighted by molar-refractivity contribution is 0.295. The van der Waals surface area contributed by atoms with Gasteiger partial charge in [0.1, 0.15) is 11.5 Å². The molecule has 2 aromatic rings. The molecule has 4 rings (SSSR count). The molecule has 102 valence electrons. The minimum absolute atomic E-state index is 0.377. The molecule has 1 saturated heterocycles. The van der Waals surface area contributed by atoms with Crippen LogP contribution in [0, 0.1) is 6.92 Å². The summed E-state index contributed by atoms with van der Waals surface area (Å²) in [6.45, 7) is 1.95. The van der Waals surface area contributed by atoms with Crippen molar-refractivity contribution >= 4 is 0 Å². The highest BCUT2D eigenvalue weighted by Crippen LogP contribution is 2.36. The maximum atomic E-state index is 4.69. The van der Waals surface area contributed by atoms with Crippen LogP contribution in [0.5, 0.6) is 0 Å². The van der Waals surface area contributed by atoms with Gasteiger partial charge in [0.15, 0.2) is 5.82 Å². The van der Waals surface area contributed by atoms with Crippen LogP contribution in [0.25, 0.3) is 11.5 Å². The molecule has 0 radical (unpaired) electrons. The van der Waals surface area contributed by atoms with Crippen molar-refractivity contribution in [1.82, 2.24) is 25.3 Å². The lowest BCUT2D eigenvalue weighted by Gasteiger charge is -2.37. The highest BCUT2D eigenvalue weighted by molar-refractivity contribution is 5.57. The van der Waals surface area contributed by atoms with Gasteiger partial charge >= 0.3 is 0 Å². The zero-order chi connectivity index (χ0) is 13.5. The Labute approximate surface area is 117 Å². The van der Waals surface area contributed by atoms with Crippen molar-refractivity contribution in [3.05, 3.63) is 35.5 Å². The van der Waals surface area contributed by atoms with Gasteiger partial charge in [0.25, 0.3) is 0 Å². The van der Waals surface area contributed by atoms with Crippen molar-refractivity contribution in [2.24, 2.45) is 0 Å². The van der Waals surface area contributed by atoms with Crippen molar-refractivity contribution in [2.75, 3.05) is 0 Å². The minimum atomic E-state index is 0.377. The lowest BCUT2D eigenvalue weighted by Crippen LogP contribution is -2.43. The third-order valence-corrected chi connectivity index (χ3v) is 4.19. The summed E-state index contributed by atoms with van der Waals surface area (Å²) in [5.41, 5.74) is 3.33. The molecule has 0 saturated carbocycles. The second-order valence-electron chi connectivity index (χ2n) is 5.61. The summed E-state index contributed by atoms with van der Waals surface area (Å²) in [6, 6.07) is 2.76. The van der Waals surface area contributed by atoms with Gasteiger partial charge < -0.3 is 5.32 Å². The maximum Gasteiger partial charge on any atom is 0.178 e. The Kier molecular flexibility index (Phi) is 2.73. The molecule has 2 aliphatic rings. The predicted octanol–water partition coefficient (Wildman–Crippen LogP) is 1.98. The highest BCUT2D eigenvalue weighted by Gasteiger charge is 2.33. The van der Waals surface area contributed by atoms with E-state index in [1.165, 1.54) is 18.4 Å². The Morgan fingerprint density at radius 3 is 2.85 bits per heavy atom. The summed E-state index contributed by atoms with van der Waals surface area (Å²) in [5, 5.41) is 3.68. The average molecular weight is 267 g/mol. The smallest absolute Gasteiger partial charge is 0.178 e. The summed E-state index contributed by atoms with van der Waals surface area (Å²) in [4.78, 5) is 18.1. The second kappa shape index (κ2) is 4.59. The fourth-order valence-electron chi connectivity index (χ4n) is 3.36. The lowest BCUT2D eigenvalue weighted by atomic mass is 9.84. The van der Waals surface area contributed by atoms with E-state index in [4.69, 9.17) is 4.98 Å². The second-order valence-corrected chi connectivity index (χ2v) is 5.61. The molecule has 1 fully saturated rings. The van der Waals surface area contributed by atoms with Crippen LogP contribution in [0.1, 0.15) is 42.4 Å². The van der Waals surface area contributed by atoms with E-state index < -0.39 is 0 Å². The fraction of sp³-hybridized carbons (Fsp3) is 0.467. The van der Waals surface area contributed by atoms with Gasteiger partial charge in [0.05, 0.1) is 11.7 Å². The molecule has 2 bridgehead atoms. The molecule has 1 N–H and O–H groups in total. The Morgan fingerprint density at radius 2 is 2.00 bits per heavy atom. The zero-order valence-electron chi connectivity index (χ0n) is 11.5. The summed E-state index contributed by atoms with van der Waals surface area (Å²) in [6.07, 6.45) is 8.21. The molecule has 4 heterocycles. The molecule has 2 aliphatic heterocycles. The van der Waals surface area contributed by atoms with Crippen molar-refractivity contribution in [1.29, 1.82) is 0 Å². The molecular formula is C15H17N5. The van der Waals surface area contributed by atoms with Crippen LogP contribution in [0.4, 0.5) is 0 Å². The topological polar surface area (TPSA) is 63.6 Å². The number of nitrogens with one attached hydrogen (secondary N) is 1. The van der Waals surface area contributed by atoms with Crippen LogP contribution >= 0.6 is 0 Å². The molecule has 0 aliphatic carbocycles. The quantitative estimate of drug-likeness (QED) is 0.856. The molecule has 20 heavy (non-hydrogen) atoms. The molecule has 5 heteroatoms. The Balaban J connectivity index is 1.90. The number of piperidine rings is 1. The minimum Gasteiger partial charge on any atom is -0.305 e. The molecule has 0 aromatic carbocycles. The third kappa shape index (κ3) is 1.89. The summed E-state index contributed by atoms with van der Waals surface area (Å²) < 4.78 is 0. The Hall–Kier alpha value is -1.88. The van der Waals surface area contributed by atoms with Gasteiger partial charge in [-0.3, -0.25) is 0 Å². The first-order valence-corrected chi connectivity index (χ1v) is 7.22. The number of nitrogens with zero attached hydrogens (tertiary/aromatic N) is 4. The maximum absolute atomic E-state index is 4.69. The van der Waals surface area contributed by atoms with E-state index in [0.29, 0.717) is 17.9 Å². The van der Waals surface area contributed by atoms with Crippen molar-refractivity contribution < 1.29 is 0 Å². The van der Waals surface area contributed by atoms with Gasteiger partial charge in [0.2, 0.25) is 0 Å². The molecule has 2 atom stereocenters. The number of fused-ring (bicyclic) bond motifs is 4. The van der Waals surface area contributed by atoms with Crippen molar-refractivity contribution in [2.45, 2.75) is 44.7 Å². The van der Waals surface area contributed by atoms with Gasteiger partial charge in [-0.05, 0) is 38.7 Å². The highest BCUT2D eigenvalue weighted by atomic mass is 15.0. The van der Waals surface area contributed by atoms with E-state index in [2.05, 4.69) is 20.3 Å². The van der Waals surface area contributed by atoms with Gasteiger partial charge in [-0.2, -0.15) is 0 Å². The van der Waals surface area contributed by atoms with E-state index in [1.54, 1.807) is 12.4 Å². The van der Waals surface area contributed by atoms with E-state index in [0.717, 1.165) is 30.1 Å². The standard InChI is InChI=1S/C15H17N5/c1-9-18-13-11(8-10-4-2-5-12(13)20-10)14(19-9)15-16-6-3-7-17-15/h3,6-7,10,12,20H,2,4-5,8H2,1H3/t10-,12+/m0/s1. The van der Waals surface area contributed by atoms with Crippen LogP contribution in [0.3, 0.4) is 0 Å². The van der Waals surface area contributed by atoms with E-state index >= 15 is 0 Å². The number of aryl methyl sites for hydroxylation is 1. The fourth-order valence-corrected chi connectivity index (χ4v) is 3.36. The van der Waals surface area contributed by atoms with E-state index in [-0.39, 0.29) is 0 Å². The van der Waals surface area contributed by atoms with Crippen LogP contribution < -0.4 is 5.32 Å². The third-order valence-electron chi connectivity index (χ3n) is 4.19. The summed E-state index contributed by atoms with van der Waals surface area (Å²) in [7, 11) is 0. The largest absolute Gasteiger partial charge is 0.305 e. The summed E-state index contributed by atoms with van der Waals surface area (Å²) in [5.74, 6) is 1.52. The van der Waals surface area contributed by atoms with Crippen LogP contribution in [-0.2, 0) is 6.42 Å². The number of hydrogen-bond donors (Lipinski definition) is 1. The van der Waals surface area contributed by atoms with Crippen LogP contribution in [0.15, 0.2) is 18.5 Å². The molecule has 2 aromatic heterocycles. The van der Waals surface area contributed by atoms with Crippen molar-refractivity contribution in [3.63, 3.8) is 0 Å². The van der Waals surface area contributed by atoms with Gasteiger partial charge in [-0.25, -0.2) is 19.9 Å². The first-order valence-electron chi connectivity index (χ1n) is 7.22. The van der Waals surface area contributed by atoms with Crippen molar-refractivity contribution in [3.8, 4) is 11.5 Å². The Morgan fingerprint density at radius 1 is 1.15 bits per heavy atom. The number of hydrogen-bond acceptors (Lipinski definition) is 5. The first kappa shape index (κ1) is 11.9. The normalized spacial score (nSPS) is 24.2. The zero-order valence-corrected chi connectivity index (χ0v) is 11.5. The first-order chi connectivity index (χ1) is 9.81. The molecule has 0 spiro atoms. The average Bonchev–Trinajstić information content (AvgIpc) is 2.49. The monoisotopic (exact) mass is 267 g/mol. The molecular weight excluding hydrogens is 250 g/mol.